The van der Waals surface area contributed by atoms with E-state index in [1.165, 1.54) is 0 Å². The van der Waals surface area contributed by atoms with Crippen molar-refractivity contribution in [2.24, 2.45) is 0 Å². The summed E-state index contributed by atoms with van der Waals surface area (Å²) in [5, 5.41) is 0. The minimum atomic E-state index is -1.42. The molecular weight excluding hydrogens is 84.4 g/mol. The van der Waals surface area contributed by atoms with Crippen molar-refractivity contribution < 1.29 is 8.92 Å². The minimum Gasteiger partial charge on any atom is -0.274 e. The summed E-state index contributed by atoms with van der Waals surface area (Å²) < 4.78 is 16.8. The molecule has 0 spiro atoms. The maximum Gasteiger partial charge on any atom is 0.549 e. The summed E-state index contributed by atoms with van der Waals surface area (Å²) >= 11 is 0. The third kappa shape index (κ3) is 19.0. The SMILES string of the molecule is O=[Si]=O.[MgH2]. The van der Waals surface area contributed by atoms with Crippen LogP contribution in [0.25, 0.3) is 0 Å². The second-order valence-corrected chi connectivity index (χ2v) is 0.250. The number of rotatable bonds is 0. The van der Waals surface area contributed by atoms with Crippen molar-refractivity contribution in [3.63, 3.8) is 0 Å². The molecule has 0 aliphatic rings. The Morgan fingerprint density at radius 3 is 1.25 bits per heavy atom. The normalized spacial score (nSPS) is 2.00. The topological polar surface area (TPSA) is 34.1 Å². The van der Waals surface area contributed by atoms with Crippen molar-refractivity contribution in [2.75, 3.05) is 0 Å². The van der Waals surface area contributed by atoms with Crippen LogP contribution < -0.4 is 0 Å². The molecule has 0 rings (SSSR count). The van der Waals surface area contributed by atoms with Crippen LogP contribution in [-0.2, 0) is 8.92 Å². The molecule has 0 aromatic heterocycles. The molecular formula is H2MgO2Si. The molecule has 0 heterocycles. The van der Waals surface area contributed by atoms with Gasteiger partial charge in [-0.25, -0.2) is 0 Å². The fourth-order valence-electron chi connectivity index (χ4n) is 0. The van der Waals surface area contributed by atoms with Gasteiger partial charge in [0.25, 0.3) is 0 Å². The highest BCUT2D eigenvalue weighted by atomic mass is 28.2. The van der Waals surface area contributed by atoms with E-state index in [4.69, 9.17) is 8.92 Å². The molecule has 20 valence electrons. The zero-order valence-corrected chi connectivity index (χ0v) is 2.32. The van der Waals surface area contributed by atoms with Crippen molar-refractivity contribution >= 4 is 32.3 Å². The van der Waals surface area contributed by atoms with E-state index in [1.807, 2.05) is 0 Å². The molecule has 0 aliphatic carbocycles. The van der Waals surface area contributed by atoms with Gasteiger partial charge in [0.05, 0.1) is 0 Å². The predicted octanol–water partition coefficient (Wildman–Crippen LogP) is -1.53. The zero-order valence-electron chi connectivity index (χ0n) is 1.32. The summed E-state index contributed by atoms with van der Waals surface area (Å²) in [5.74, 6) is 0. The van der Waals surface area contributed by atoms with E-state index in [9.17, 15) is 0 Å². The second-order valence-electron chi connectivity index (χ2n) is 0.0833. The van der Waals surface area contributed by atoms with Crippen LogP contribution in [-0.4, -0.2) is 32.3 Å². The second kappa shape index (κ2) is 9.54. The average Bonchev–Trinajstić information content (AvgIpc) is 0.918. The molecule has 0 unspecified atom stereocenters. The number of hydrogen-bond acceptors (Lipinski definition) is 2. The van der Waals surface area contributed by atoms with Crippen LogP contribution in [0.2, 0.25) is 0 Å². The summed E-state index contributed by atoms with van der Waals surface area (Å²) in [6.07, 6.45) is 0. The molecule has 0 bridgehead atoms. The minimum absolute atomic E-state index is 0. The zero-order chi connectivity index (χ0) is 2.71. The van der Waals surface area contributed by atoms with Crippen LogP contribution in [0.1, 0.15) is 0 Å². The molecule has 0 saturated carbocycles. The first-order valence-electron chi connectivity index (χ1n) is 0.408. The largest absolute Gasteiger partial charge is 0.549 e. The lowest BCUT2D eigenvalue weighted by Crippen LogP contribution is -1.26. The summed E-state index contributed by atoms with van der Waals surface area (Å²) in [6.45, 7) is 0. The molecule has 0 saturated heterocycles. The standard InChI is InChI=1S/Mg.O2Si.2H/c;1-3-2;;. The van der Waals surface area contributed by atoms with Crippen LogP contribution in [0, 0.1) is 0 Å². The van der Waals surface area contributed by atoms with Gasteiger partial charge in [-0.05, 0) is 0 Å². The first kappa shape index (κ1) is 8.82. The Bertz CT molecular complexity index is 27.0. The Hall–Kier alpha value is 0.583. The number of hydrogen-bond donors (Lipinski definition) is 0. The smallest absolute Gasteiger partial charge is 0.274 e. The Kier molecular flexibility index (Phi) is 21.0. The molecule has 0 fully saturated rings. The maximum atomic E-state index is 8.40. The van der Waals surface area contributed by atoms with Crippen LogP contribution in [0.15, 0.2) is 0 Å². The third-order valence-corrected chi connectivity index (χ3v) is 0. The molecule has 2 nitrogen and oxygen atoms in total. The average molecular weight is 86.4 g/mol. The van der Waals surface area contributed by atoms with E-state index in [1.54, 1.807) is 0 Å². The van der Waals surface area contributed by atoms with Crippen LogP contribution in [0.3, 0.4) is 0 Å². The van der Waals surface area contributed by atoms with Crippen molar-refractivity contribution in [1.82, 2.24) is 0 Å². The third-order valence-electron chi connectivity index (χ3n) is 0. The summed E-state index contributed by atoms with van der Waals surface area (Å²) in [6, 6.07) is 0. The quantitative estimate of drug-likeness (QED) is 0.335. The fourth-order valence-corrected chi connectivity index (χ4v) is 0. The van der Waals surface area contributed by atoms with E-state index in [2.05, 4.69) is 0 Å². The molecule has 0 amide bonds. The summed E-state index contributed by atoms with van der Waals surface area (Å²) in [7, 11) is -1.42. The van der Waals surface area contributed by atoms with Crippen LogP contribution in [0.5, 0.6) is 0 Å². The van der Waals surface area contributed by atoms with Gasteiger partial charge in [0.1, 0.15) is 0 Å². The van der Waals surface area contributed by atoms with Crippen molar-refractivity contribution in [3.8, 4) is 0 Å². The molecule has 0 N–H and O–H groups in total. The lowest BCUT2D eigenvalue weighted by Gasteiger charge is -0.944. The van der Waals surface area contributed by atoms with E-state index in [-0.39, 0.29) is 23.1 Å². The van der Waals surface area contributed by atoms with Gasteiger partial charge in [0.15, 0.2) is 0 Å². The first-order valence-corrected chi connectivity index (χ1v) is 1.22. The summed E-state index contributed by atoms with van der Waals surface area (Å²) in [4.78, 5) is 0. The van der Waals surface area contributed by atoms with E-state index in [0.717, 1.165) is 0 Å². The van der Waals surface area contributed by atoms with Gasteiger partial charge >= 0.3 is 32.3 Å². The van der Waals surface area contributed by atoms with Gasteiger partial charge < -0.3 is 0 Å². The molecule has 0 radical (unpaired) electrons. The van der Waals surface area contributed by atoms with Gasteiger partial charge in [0, 0.05) is 0 Å². The van der Waals surface area contributed by atoms with Crippen molar-refractivity contribution in [2.45, 2.75) is 0 Å². The first-order chi connectivity index (χ1) is 1.41. The molecule has 0 aromatic carbocycles. The van der Waals surface area contributed by atoms with Gasteiger partial charge in [-0.15, -0.1) is 0 Å². The molecule has 0 aromatic rings. The summed E-state index contributed by atoms with van der Waals surface area (Å²) in [5.41, 5.74) is 0. The monoisotopic (exact) mass is 86.0 g/mol. The van der Waals surface area contributed by atoms with Crippen molar-refractivity contribution in [3.05, 3.63) is 0 Å². The molecule has 4 heteroatoms. The van der Waals surface area contributed by atoms with Gasteiger partial charge in [-0.1, -0.05) is 0 Å². The van der Waals surface area contributed by atoms with Crippen LogP contribution in [0.4, 0.5) is 0 Å². The molecule has 0 atom stereocenters. The van der Waals surface area contributed by atoms with Gasteiger partial charge in [0.2, 0.25) is 0 Å². The van der Waals surface area contributed by atoms with E-state index in [0.29, 0.717) is 0 Å². The van der Waals surface area contributed by atoms with Gasteiger partial charge in [-0.2, -0.15) is 0 Å². The van der Waals surface area contributed by atoms with Crippen LogP contribution >= 0.6 is 0 Å². The maximum absolute atomic E-state index is 8.40. The lowest BCUT2D eigenvalue weighted by atomic mass is 15.9. The highest BCUT2D eigenvalue weighted by Crippen LogP contribution is 0.759. The highest BCUT2D eigenvalue weighted by molar-refractivity contribution is 5.94. The molecule has 0 aliphatic heterocycles. The Morgan fingerprint density at radius 2 is 1.25 bits per heavy atom. The predicted molar refractivity (Wildman–Crippen MR) is 15.7 cm³/mol. The Labute approximate surface area is 41.7 Å². The molecule has 4 heavy (non-hydrogen) atoms. The van der Waals surface area contributed by atoms with E-state index >= 15 is 0 Å². The van der Waals surface area contributed by atoms with Crippen molar-refractivity contribution in [1.29, 1.82) is 0 Å². The Balaban J connectivity index is 0. The highest BCUT2D eigenvalue weighted by Gasteiger charge is 1.22. The Morgan fingerprint density at radius 1 is 1.25 bits per heavy atom. The van der Waals surface area contributed by atoms with E-state index < -0.39 is 9.29 Å². The lowest BCUT2D eigenvalue weighted by molar-refractivity contribution is 0.497. The van der Waals surface area contributed by atoms with Gasteiger partial charge in [-0.3, -0.25) is 8.92 Å². The fraction of sp³-hybridized carbons (Fsp3) is 0.